The minimum atomic E-state index is -4.23. The summed E-state index contributed by atoms with van der Waals surface area (Å²) in [4.78, 5) is 11.0. The molecule has 1 unspecified atom stereocenters. The van der Waals surface area contributed by atoms with E-state index in [1.54, 1.807) is 13.0 Å². The molecule has 5 nitrogen and oxygen atoms in total. The Balaban J connectivity index is 2.05. The van der Waals surface area contributed by atoms with Crippen LogP contribution in [0.3, 0.4) is 0 Å². The molecule has 26 heavy (non-hydrogen) atoms. The van der Waals surface area contributed by atoms with Crippen LogP contribution < -0.4 is 0 Å². The summed E-state index contributed by atoms with van der Waals surface area (Å²) in [5.41, 5.74) is 1.34. The monoisotopic (exact) mass is 381 g/mol. The highest BCUT2D eigenvalue weighted by Crippen LogP contribution is 2.35. The molecule has 0 radical (unpaired) electrons. The van der Waals surface area contributed by atoms with Crippen molar-refractivity contribution in [3.8, 4) is 0 Å². The lowest BCUT2D eigenvalue weighted by Crippen LogP contribution is -2.39. The van der Waals surface area contributed by atoms with Gasteiger partial charge in [-0.2, -0.15) is 4.31 Å². The van der Waals surface area contributed by atoms with E-state index in [9.17, 15) is 22.0 Å². The van der Waals surface area contributed by atoms with Crippen LogP contribution in [0.4, 0.5) is 8.78 Å². The molecule has 8 heteroatoms. The Labute approximate surface area is 150 Å². The molecule has 0 saturated carbocycles. The van der Waals surface area contributed by atoms with Crippen molar-refractivity contribution in [2.45, 2.75) is 24.3 Å². The number of carbonyl (C=O) groups excluding carboxylic acids is 1. The third-order valence-corrected chi connectivity index (χ3v) is 6.52. The van der Waals surface area contributed by atoms with Gasteiger partial charge in [-0.1, -0.05) is 6.07 Å². The van der Waals surface area contributed by atoms with Crippen LogP contribution in [0.25, 0.3) is 0 Å². The summed E-state index contributed by atoms with van der Waals surface area (Å²) in [6, 6.07) is 6.62. The first-order valence-electron chi connectivity index (χ1n) is 7.93. The minimum Gasteiger partial charge on any atom is -0.465 e. The topological polar surface area (TPSA) is 63.7 Å². The van der Waals surface area contributed by atoms with Crippen molar-refractivity contribution in [2.24, 2.45) is 0 Å². The van der Waals surface area contributed by atoms with Crippen LogP contribution in [-0.2, 0) is 21.2 Å². The second-order valence-electron chi connectivity index (χ2n) is 6.02. The van der Waals surface area contributed by atoms with E-state index in [2.05, 4.69) is 4.74 Å². The summed E-state index contributed by atoms with van der Waals surface area (Å²) in [5.74, 6) is -2.19. The van der Waals surface area contributed by atoms with E-state index in [-0.39, 0.29) is 12.1 Å². The summed E-state index contributed by atoms with van der Waals surface area (Å²) < 4.78 is 59.5. The van der Waals surface area contributed by atoms with Crippen LogP contribution in [0.2, 0.25) is 0 Å². The smallest absolute Gasteiger partial charge is 0.337 e. The highest BCUT2D eigenvalue weighted by atomic mass is 32.2. The Morgan fingerprint density at radius 3 is 2.62 bits per heavy atom. The van der Waals surface area contributed by atoms with E-state index in [4.69, 9.17) is 0 Å². The molecule has 1 heterocycles. The SMILES string of the molecule is COC(=O)c1ccc(F)c(S(=O)(=O)N2CCc3ccc(F)cc3C2C)c1. The molecule has 1 atom stereocenters. The molecular weight excluding hydrogens is 364 g/mol. The number of hydrogen-bond donors (Lipinski definition) is 0. The molecule has 0 saturated heterocycles. The number of halogens is 2. The first kappa shape index (κ1) is 18.5. The van der Waals surface area contributed by atoms with E-state index in [0.717, 1.165) is 35.2 Å². The van der Waals surface area contributed by atoms with Crippen LogP contribution in [0.1, 0.15) is 34.5 Å². The second-order valence-corrected chi connectivity index (χ2v) is 7.88. The molecular formula is C18H17F2NO4S. The lowest BCUT2D eigenvalue weighted by Gasteiger charge is -2.34. The number of fused-ring (bicyclic) bond motifs is 1. The predicted octanol–water partition coefficient (Wildman–Crippen LogP) is 3.06. The number of rotatable bonds is 3. The lowest BCUT2D eigenvalue weighted by atomic mass is 9.95. The van der Waals surface area contributed by atoms with Crippen LogP contribution in [-0.4, -0.2) is 32.3 Å². The number of sulfonamides is 1. The van der Waals surface area contributed by atoms with Crippen molar-refractivity contribution >= 4 is 16.0 Å². The van der Waals surface area contributed by atoms with Gasteiger partial charge in [-0.25, -0.2) is 22.0 Å². The molecule has 1 aliphatic heterocycles. The number of benzene rings is 2. The predicted molar refractivity (Wildman–Crippen MR) is 90.2 cm³/mol. The molecule has 0 bridgehead atoms. The van der Waals surface area contributed by atoms with Crippen LogP contribution >= 0.6 is 0 Å². The largest absolute Gasteiger partial charge is 0.465 e. The van der Waals surface area contributed by atoms with Gasteiger partial charge in [-0.15, -0.1) is 0 Å². The molecule has 138 valence electrons. The molecule has 0 N–H and O–H groups in total. The molecule has 0 spiro atoms. The highest BCUT2D eigenvalue weighted by molar-refractivity contribution is 7.89. The third kappa shape index (κ3) is 3.10. The molecule has 0 aromatic heterocycles. The van der Waals surface area contributed by atoms with Crippen molar-refractivity contribution in [3.05, 3.63) is 64.7 Å². The minimum absolute atomic E-state index is 0.0661. The quantitative estimate of drug-likeness (QED) is 0.767. The highest BCUT2D eigenvalue weighted by Gasteiger charge is 2.36. The second kappa shape index (κ2) is 6.77. The molecule has 0 fully saturated rings. The summed E-state index contributed by atoms with van der Waals surface area (Å²) in [6.45, 7) is 1.75. The van der Waals surface area contributed by atoms with E-state index in [1.165, 1.54) is 12.1 Å². The Morgan fingerprint density at radius 2 is 1.92 bits per heavy atom. The first-order valence-corrected chi connectivity index (χ1v) is 9.37. The number of nitrogens with zero attached hydrogens (tertiary/aromatic N) is 1. The Morgan fingerprint density at radius 1 is 1.19 bits per heavy atom. The zero-order valence-corrected chi connectivity index (χ0v) is 15.0. The van der Waals surface area contributed by atoms with Crippen molar-refractivity contribution in [1.29, 1.82) is 0 Å². The van der Waals surface area contributed by atoms with E-state index in [0.29, 0.717) is 12.0 Å². The standard InChI is InChI=1S/C18H17F2NO4S/c1-11-15-10-14(19)5-3-12(15)7-8-21(11)26(23,24)17-9-13(18(22)25-2)4-6-16(17)20/h3-6,9-11H,7-8H2,1-2H3. The van der Waals surface area contributed by atoms with Crippen molar-refractivity contribution < 1.29 is 26.7 Å². The third-order valence-electron chi connectivity index (χ3n) is 4.53. The van der Waals surface area contributed by atoms with Gasteiger partial charge in [0.1, 0.15) is 16.5 Å². The number of hydrogen-bond acceptors (Lipinski definition) is 4. The molecule has 0 amide bonds. The van der Waals surface area contributed by atoms with Crippen molar-refractivity contribution in [1.82, 2.24) is 4.31 Å². The summed E-state index contributed by atoms with van der Waals surface area (Å²) in [6.07, 6.45) is 0.386. The van der Waals surface area contributed by atoms with Gasteiger partial charge >= 0.3 is 5.97 Å². The number of ether oxygens (including phenoxy) is 1. The van der Waals surface area contributed by atoms with Crippen LogP contribution in [0, 0.1) is 11.6 Å². The van der Waals surface area contributed by atoms with Gasteiger partial charge in [-0.05, 0) is 54.8 Å². The Hall–Kier alpha value is -2.32. The van der Waals surface area contributed by atoms with E-state index in [1.807, 2.05) is 0 Å². The van der Waals surface area contributed by atoms with Gasteiger partial charge in [-0.3, -0.25) is 0 Å². The zero-order chi connectivity index (χ0) is 19.1. The van der Waals surface area contributed by atoms with Gasteiger partial charge in [0.15, 0.2) is 0 Å². The summed E-state index contributed by atoms with van der Waals surface area (Å²) >= 11 is 0. The van der Waals surface area contributed by atoms with E-state index < -0.39 is 38.6 Å². The fourth-order valence-corrected chi connectivity index (χ4v) is 4.87. The maximum atomic E-state index is 14.3. The average molecular weight is 381 g/mol. The average Bonchev–Trinajstić information content (AvgIpc) is 2.61. The van der Waals surface area contributed by atoms with Gasteiger partial charge in [0, 0.05) is 12.6 Å². The van der Waals surface area contributed by atoms with Gasteiger partial charge in [0.05, 0.1) is 12.7 Å². The summed E-state index contributed by atoms with van der Waals surface area (Å²) in [5, 5.41) is 0. The maximum Gasteiger partial charge on any atom is 0.337 e. The lowest BCUT2D eigenvalue weighted by molar-refractivity contribution is 0.0600. The van der Waals surface area contributed by atoms with Crippen molar-refractivity contribution in [3.63, 3.8) is 0 Å². The zero-order valence-electron chi connectivity index (χ0n) is 14.2. The van der Waals surface area contributed by atoms with Crippen LogP contribution in [0.5, 0.6) is 0 Å². The fourth-order valence-electron chi connectivity index (χ4n) is 3.16. The molecule has 2 aromatic rings. The maximum absolute atomic E-state index is 14.3. The van der Waals surface area contributed by atoms with Gasteiger partial charge in [0.25, 0.3) is 0 Å². The molecule has 0 aliphatic carbocycles. The normalized spacial score (nSPS) is 17.6. The molecule has 2 aromatic carbocycles. The summed E-state index contributed by atoms with van der Waals surface area (Å²) in [7, 11) is -3.08. The first-order chi connectivity index (χ1) is 12.3. The Bertz CT molecular complexity index is 975. The van der Waals surface area contributed by atoms with Gasteiger partial charge < -0.3 is 4.74 Å². The number of carbonyl (C=O) groups is 1. The van der Waals surface area contributed by atoms with E-state index >= 15 is 0 Å². The van der Waals surface area contributed by atoms with Gasteiger partial charge in [0.2, 0.25) is 10.0 Å². The Kier molecular flexibility index (Phi) is 4.81. The van der Waals surface area contributed by atoms with Crippen molar-refractivity contribution in [2.75, 3.05) is 13.7 Å². The number of methoxy groups -OCH3 is 1. The number of esters is 1. The molecule has 1 aliphatic rings. The van der Waals surface area contributed by atoms with Crippen LogP contribution in [0.15, 0.2) is 41.3 Å². The fraction of sp³-hybridized carbons (Fsp3) is 0.278. The molecule has 3 rings (SSSR count).